The van der Waals surface area contributed by atoms with Crippen LogP contribution >= 0.6 is 23.1 Å². The van der Waals surface area contributed by atoms with Crippen molar-refractivity contribution in [2.24, 2.45) is 5.73 Å². The Morgan fingerprint density at radius 1 is 1.45 bits per heavy atom. The number of aryl methyl sites for hydroxylation is 2. The fourth-order valence-corrected chi connectivity index (χ4v) is 4.72. The number of thiazole rings is 1. The number of nitrogens with zero attached hydrogens (tertiary/aromatic N) is 2. The van der Waals surface area contributed by atoms with Gasteiger partial charge in [-0.25, -0.2) is 4.98 Å². The molecule has 1 saturated heterocycles. The minimum Gasteiger partial charge on any atom is -0.328 e. The first kappa shape index (κ1) is 15.5. The van der Waals surface area contributed by atoms with Crippen LogP contribution in [0.4, 0.5) is 0 Å². The highest BCUT2D eigenvalue weighted by Gasteiger charge is 2.32. The molecule has 1 aromatic carbocycles. The molecule has 2 N–H and O–H groups in total. The molecule has 1 aliphatic heterocycles. The minimum atomic E-state index is 0.00121. The summed E-state index contributed by atoms with van der Waals surface area (Å²) in [6, 6.07) is 8.33. The van der Waals surface area contributed by atoms with Crippen LogP contribution in [0.1, 0.15) is 21.1 Å². The molecule has 0 spiro atoms. The third kappa shape index (κ3) is 2.91. The summed E-state index contributed by atoms with van der Waals surface area (Å²) >= 11 is 3.32. The van der Waals surface area contributed by atoms with Gasteiger partial charge in [-0.1, -0.05) is 29.8 Å². The van der Waals surface area contributed by atoms with E-state index in [4.69, 9.17) is 5.73 Å². The number of thioether (sulfide) groups is 1. The summed E-state index contributed by atoms with van der Waals surface area (Å²) in [5.41, 5.74) is 8.59. The Hall–Kier alpha value is -1.37. The second-order valence-corrected chi connectivity index (χ2v) is 7.65. The van der Waals surface area contributed by atoms with Crippen molar-refractivity contribution in [3.63, 3.8) is 0 Å². The van der Waals surface area contributed by atoms with Crippen LogP contribution in [-0.4, -0.2) is 40.0 Å². The predicted octanol–water partition coefficient (Wildman–Crippen LogP) is 2.90. The quantitative estimate of drug-likeness (QED) is 0.938. The van der Waals surface area contributed by atoms with Gasteiger partial charge in [0, 0.05) is 12.3 Å². The van der Waals surface area contributed by atoms with E-state index in [9.17, 15) is 4.79 Å². The van der Waals surface area contributed by atoms with Crippen molar-refractivity contribution < 1.29 is 4.79 Å². The van der Waals surface area contributed by atoms with Crippen molar-refractivity contribution >= 4 is 29.0 Å². The molecule has 0 radical (unpaired) electrons. The van der Waals surface area contributed by atoms with E-state index in [2.05, 4.69) is 24.0 Å². The third-order valence-electron chi connectivity index (χ3n) is 3.73. The van der Waals surface area contributed by atoms with Crippen LogP contribution in [-0.2, 0) is 0 Å². The molecule has 0 aliphatic carbocycles. The maximum Gasteiger partial charge on any atom is 0.274 e. The smallest absolute Gasteiger partial charge is 0.274 e. The molecule has 22 heavy (non-hydrogen) atoms. The van der Waals surface area contributed by atoms with E-state index < -0.39 is 0 Å². The largest absolute Gasteiger partial charge is 0.328 e. The molecule has 2 heterocycles. The van der Waals surface area contributed by atoms with E-state index in [1.165, 1.54) is 5.56 Å². The summed E-state index contributed by atoms with van der Waals surface area (Å²) in [6.07, 6.45) is 0. The molecule has 1 aromatic heterocycles. The summed E-state index contributed by atoms with van der Waals surface area (Å²) in [7, 11) is 0. The lowest BCUT2D eigenvalue weighted by Crippen LogP contribution is -2.41. The molecule has 1 aliphatic rings. The van der Waals surface area contributed by atoms with Crippen LogP contribution in [0.15, 0.2) is 24.3 Å². The van der Waals surface area contributed by atoms with Gasteiger partial charge >= 0.3 is 0 Å². The molecular weight excluding hydrogens is 314 g/mol. The Labute approximate surface area is 138 Å². The summed E-state index contributed by atoms with van der Waals surface area (Å²) < 4.78 is 0. The summed E-state index contributed by atoms with van der Waals surface area (Å²) in [5, 5.41) is 0.913. The van der Waals surface area contributed by atoms with Crippen molar-refractivity contribution in [3.05, 3.63) is 40.5 Å². The first-order valence-electron chi connectivity index (χ1n) is 7.23. The predicted molar refractivity (Wildman–Crippen MR) is 93.4 cm³/mol. The number of carbonyl (C=O) groups excluding carboxylic acids is 1. The van der Waals surface area contributed by atoms with Gasteiger partial charge in [0.2, 0.25) is 0 Å². The fourth-order valence-electron chi connectivity index (χ4n) is 2.59. The molecule has 0 bridgehead atoms. The monoisotopic (exact) mass is 333 g/mol. The second-order valence-electron chi connectivity index (χ2n) is 5.44. The van der Waals surface area contributed by atoms with Gasteiger partial charge in [-0.3, -0.25) is 4.79 Å². The van der Waals surface area contributed by atoms with Crippen molar-refractivity contribution in [1.29, 1.82) is 0 Å². The van der Waals surface area contributed by atoms with Crippen LogP contribution in [0.5, 0.6) is 0 Å². The van der Waals surface area contributed by atoms with E-state index in [1.54, 1.807) is 23.1 Å². The average molecular weight is 333 g/mol. The Morgan fingerprint density at radius 3 is 3.00 bits per heavy atom. The first-order chi connectivity index (χ1) is 10.6. The standard InChI is InChI=1S/C16H19N3OS2/c1-10-4-3-5-12(6-10)15-14(18-11(2)22-15)16(20)19-9-21-8-13(19)7-17/h3-6,13H,7-9,17H2,1-2H3/t13-/m1/s1. The molecule has 4 nitrogen and oxygen atoms in total. The maximum absolute atomic E-state index is 12.9. The number of hydrogen-bond donors (Lipinski definition) is 1. The van der Waals surface area contributed by atoms with Crippen LogP contribution in [0, 0.1) is 13.8 Å². The minimum absolute atomic E-state index is 0.00121. The zero-order chi connectivity index (χ0) is 15.7. The van der Waals surface area contributed by atoms with Crippen molar-refractivity contribution in [2.45, 2.75) is 19.9 Å². The molecule has 1 amide bonds. The van der Waals surface area contributed by atoms with E-state index in [0.717, 1.165) is 21.2 Å². The summed E-state index contributed by atoms with van der Waals surface area (Å²) in [5.74, 6) is 1.61. The Morgan fingerprint density at radius 2 is 2.27 bits per heavy atom. The van der Waals surface area contributed by atoms with Crippen molar-refractivity contribution in [3.8, 4) is 10.4 Å². The highest BCUT2D eigenvalue weighted by atomic mass is 32.2. The molecule has 1 atom stereocenters. The maximum atomic E-state index is 12.9. The van der Waals surface area contributed by atoms with Gasteiger partial charge in [0.1, 0.15) is 5.69 Å². The van der Waals surface area contributed by atoms with Gasteiger partial charge < -0.3 is 10.6 Å². The SMILES string of the molecule is Cc1cccc(-c2sc(C)nc2C(=O)N2CSC[C@H]2CN)c1. The van der Waals surface area contributed by atoms with Gasteiger partial charge in [0.15, 0.2) is 0 Å². The van der Waals surface area contributed by atoms with E-state index in [-0.39, 0.29) is 11.9 Å². The van der Waals surface area contributed by atoms with Gasteiger partial charge in [-0.2, -0.15) is 0 Å². The molecule has 0 unspecified atom stereocenters. The zero-order valence-corrected chi connectivity index (χ0v) is 14.3. The summed E-state index contributed by atoms with van der Waals surface area (Å²) in [4.78, 5) is 20.2. The van der Waals surface area contributed by atoms with E-state index in [1.807, 2.05) is 24.0 Å². The highest BCUT2D eigenvalue weighted by Crippen LogP contribution is 2.33. The fraction of sp³-hybridized carbons (Fsp3) is 0.375. The molecule has 3 rings (SSSR count). The number of rotatable bonds is 3. The Kier molecular flexibility index (Phi) is 4.52. The van der Waals surface area contributed by atoms with Crippen LogP contribution in [0.25, 0.3) is 10.4 Å². The van der Waals surface area contributed by atoms with Crippen LogP contribution in [0.3, 0.4) is 0 Å². The third-order valence-corrected chi connectivity index (χ3v) is 5.83. The number of nitrogens with two attached hydrogens (primary N) is 1. The van der Waals surface area contributed by atoms with Gasteiger partial charge in [0.25, 0.3) is 5.91 Å². The van der Waals surface area contributed by atoms with Crippen LogP contribution in [0.2, 0.25) is 0 Å². The molecule has 116 valence electrons. The normalized spacial score (nSPS) is 18.0. The number of amides is 1. The lowest BCUT2D eigenvalue weighted by molar-refractivity contribution is 0.0748. The Balaban J connectivity index is 1.99. The molecule has 6 heteroatoms. The van der Waals surface area contributed by atoms with Crippen molar-refractivity contribution in [1.82, 2.24) is 9.88 Å². The number of carbonyl (C=O) groups is 1. The molecular formula is C16H19N3OS2. The van der Waals surface area contributed by atoms with E-state index >= 15 is 0 Å². The number of aromatic nitrogens is 1. The molecule has 2 aromatic rings. The van der Waals surface area contributed by atoms with Crippen LogP contribution < -0.4 is 5.73 Å². The number of hydrogen-bond acceptors (Lipinski definition) is 5. The van der Waals surface area contributed by atoms with E-state index in [0.29, 0.717) is 18.1 Å². The highest BCUT2D eigenvalue weighted by molar-refractivity contribution is 7.99. The molecule has 1 fully saturated rings. The number of benzene rings is 1. The van der Waals surface area contributed by atoms with Gasteiger partial charge in [-0.15, -0.1) is 23.1 Å². The first-order valence-corrected chi connectivity index (χ1v) is 9.20. The van der Waals surface area contributed by atoms with Gasteiger partial charge in [-0.05, 0) is 19.4 Å². The zero-order valence-electron chi connectivity index (χ0n) is 12.7. The van der Waals surface area contributed by atoms with Gasteiger partial charge in [0.05, 0.1) is 21.8 Å². The Bertz CT molecular complexity index is 698. The lowest BCUT2D eigenvalue weighted by atomic mass is 10.1. The average Bonchev–Trinajstić information content (AvgIpc) is 3.12. The topological polar surface area (TPSA) is 59.2 Å². The molecule has 0 saturated carbocycles. The summed E-state index contributed by atoms with van der Waals surface area (Å²) in [6.45, 7) is 4.50. The van der Waals surface area contributed by atoms with Crippen molar-refractivity contribution in [2.75, 3.05) is 18.2 Å². The lowest BCUT2D eigenvalue weighted by Gasteiger charge is -2.22. The second kappa shape index (κ2) is 6.40.